The van der Waals surface area contributed by atoms with E-state index >= 15 is 0 Å². The third kappa shape index (κ3) is 5.70. The van der Waals surface area contributed by atoms with Crippen molar-refractivity contribution in [3.63, 3.8) is 0 Å². The van der Waals surface area contributed by atoms with Crippen LogP contribution in [-0.4, -0.2) is 29.4 Å². The van der Waals surface area contributed by atoms with Crippen LogP contribution in [0.3, 0.4) is 0 Å². The van der Waals surface area contributed by atoms with E-state index in [0.29, 0.717) is 17.1 Å². The van der Waals surface area contributed by atoms with Crippen LogP contribution in [0, 0.1) is 13.8 Å². The minimum Gasteiger partial charge on any atom is -0.478 e. The number of aryl methyl sites for hydroxylation is 2. The smallest absolute Gasteiger partial charge is 0.335 e. The van der Waals surface area contributed by atoms with Gasteiger partial charge in [0.15, 0.2) is 0 Å². The molecule has 3 rings (SSSR count). The highest BCUT2D eigenvalue weighted by Gasteiger charge is 2.18. The first kappa shape index (κ1) is 21.6. The number of amides is 2. The zero-order chi connectivity index (χ0) is 22.4. The monoisotopic (exact) mass is 418 g/mol. The Labute approximate surface area is 179 Å². The number of nitrogens with zero attached hydrogens (tertiary/aromatic N) is 1. The van der Waals surface area contributed by atoms with Gasteiger partial charge in [0.05, 0.1) is 11.8 Å². The molecule has 0 unspecified atom stereocenters. The maximum absolute atomic E-state index is 12.9. The van der Waals surface area contributed by atoms with Crippen LogP contribution in [0.1, 0.15) is 27.2 Å². The predicted octanol–water partition coefficient (Wildman–Crippen LogP) is 4.28. The maximum atomic E-state index is 12.9. The summed E-state index contributed by atoms with van der Waals surface area (Å²) in [5.74, 6) is -1.32. The summed E-state index contributed by atoms with van der Waals surface area (Å²) in [6, 6.07) is 14.8. The third-order valence-electron chi connectivity index (χ3n) is 4.72. The summed E-state index contributed by atoms with van der Waals surface area (Å²) in [6.45, 7) is 3.68. The summed E-state index contributed by atoms with van der Waals surface area (Å²) in [7, 11) is 0. The molecule has 0 spiro atoms. The maximum Gasteiger partial charge on any atom is 0.335 e. The second-order valence-electron chi connectivity index (χ2n) is 6.97. The minimum absolute atomic E-state index is 0.119. The molecule has 1 aromatic heterocycles. The lowest BCUT2D eigenvalue weighted by atomic mass is 10.1. The Bertz CT molecular complexity index is 1120. The first-order valence-corrected chi connectivity index (χ1v) is 9.57. The van der Waals surface area contributed by atoms with Gasteiger partial charge in [-0.2, -0.15) is 0 Å². The van der Waals surface area contributed by atoms with Gasteiger partial charge in [-0.3, -0.25) is 14.5 Å². The van der Waals surface area contributed by atoms with Crippen molar-refractivity contribution in [2.75, 3.05) is 16.8 Å². The van der Waals surface area contributed by atoms with Crippen molar-refractivity contribution in [1.82, 2.24) is 0 Å². The van der Waals surface area contributed by atoms with Gasteiger partial charge in [-0.05, 0) is 79.6 Å². The van der Waals surface area contributed by atoms with Crippen LogP contribution in [0.15, 0.2) is 71.4 Å². The molecule has 7 nitrogen and oxygen atoms in total. The fraction of sp³-hybridized carbons (Fsp3) is 0.125. The fourth-order valence-electron chi connectivity index (χ4n) is 2.86. The van der Waals surface area contributed by atoms with E-state index in [2.05, 4.69) is 5.32 Å². The molecule has 0 aliphatic heterocycles. The Kier molecular flexibility index (Phi) is 6.67. The Morgan fingerprint density at radius 3 is 2.39 bits per heavy atom. The fourth-order valence-corrected chi connectivity index (χ4v) is 2.86. The van der Waals surface area contributed by atoms with Gasteiger partial charge in [-0.1, -0.05) is 6.07 Å². The topological polar surface area (TPSA) is 99.9 Å². The van der Waals surface area contributed by atoms with Crippen LogP contribution in [0.25, 0.3) is 6.08 Å². The van der Waals surface area contributed by atoms with Crippen molar-refractivity contribution in [3.8, 4) is 0 Å². The van der Waals surface area contributed by atoms with Gasteiger partial charge in [0.25, 0.3) is 5.91 Å². The molecule has 0 saturated carbocycles. The van der Waals surface area contributed by atoms with Gasteiger partial charge in [-0.25, -0.2) is 4.79 Å². The summed E-state index contributed by atoms with van der Waals surface area (Å²) < 4.78 is 5.21. The van der Waals surface area contributed by atoms with E-state index in [4.69, 9.17) is 9.52 Å². The molecule has 2 N–H and O–H groups in total. The molecule has 0 aliphatic carbocycles. The molecule has 0 fully saturated rings. The first-order chi connectivity index (χ1) is 14.8. The second-order valence-corrected chi connectivity index (χ2v) is 6.97. The molecule has 0 bridgehead atoms. The van der Waals surface area contributed by atoms with Gasteiger partial charge in [-0.15, -0.1) is 0 Å². The summed E-state index contributed by atoms with van der Waals surface area (Å²) >= 11 is 0. The largest absolute Gasteiger partial charge is 0.478 e. The van der Waals surface area contributed by atoms with Crippen molar-refractivity contribution >= 4 is 35.2 Å². The number of carbonyl (C=O) groups is 3. The van der Waals surface area contributed by atoms with Crippen molar-refractivity contribution < 1.29 is 23.9 Å². The molecule has 7 heteroatoms. The lowest BCUT2D eigenvalue weighted by Gasteiger charge is -2.22. The number of hydrogen-bond donors (Lipinski definition) is 2. The molecule has 0 aliphatic rings. The van der Waals surface area contributed by atoms with Gasteiger partial charge < -0.3 is 14.8 Å². The molecule has 2 amide bonds. The Morgan fingerprint density at radius 1 is 1.03 bits per heavy atom. The molecule has 158 valence electrons. The number of nitrogens with one attached hydrogen (secondary N) is 1. The van der Waals surface area contributed by atoms with Crippen LogP contribution in [0.4, 0.5) is 11.4 Å². The molecule has 0 radical (unpaired) electrons. The number of furan rings is 1. The number of carbonyl (C=O) groups excluding carboxylic acids is 2. The average molecular weight is 418 g/mol. The normalized spacial score (nSPS) is 10.8. The van der Waals surface area contributed by atoms with E-state index in [1.54, 1.807) is 24.3 Å². The van der Waals surface area contributed by atoms with Crippen molar-refractivity contribution in [1.29, 1.82) is 0 Å². The van der Waals surface area contributed by atoms with E-state index < -0.39 is 11.9 Å². The molecule has 3 aromatic rings. The van der Waals surface area contributed by atoms with E-state index in [-0.39, 0.29) is 18.0 Å². The van der Waals surface area contributed by atoms with Crippen molar-refractivity contribution in [2.24, 2.45) is 0 Å². The zero-order valence-corrected chi connectivity index (χ0v) is 17.2. The van der Waals surface area contributed by atoms with E-state index in [1.165, 1.54) is 41.5 Å². The van der Waals surface area contributed by atoms with Crippen LogP contribution < -0.4 is 10.2 Å². The highest BCUT2D eigenvalue weighted by molar-refractivity contribution is 6.08. The van der Waals surface area contributed by atoms with Crippen LogP contribution >= 0.6 is 0 Å². The molecular formula is C24H22N2O5. The van der Waals surface area contributed by atoms with Gasteiger partial charge in [0.2, 0.25) is 5.91 Å². The number of aromatic carboxylic acids is 1. The zero-order valence-electron chi connectivity index (χ0n) is 17.2. The van der Waals surface area contributed by atoms with E-state index in [1.807, 2.05) is 26.0 Å². The highest BCUT2D eigenvalue weighted by Crippen LogP contribution is 2.20. The Hall–Kier alpha value is -4.13. The highest BCUT2D eigenvalue weighted by atomic mass is 16.4. The average Bonchev–Trinajstić information content (AvgIpc) is 3.26. The summed E-state index contributed by atoms with van der Waals surface area (Å²) in [4.78, 5) is 37.9. The predicted molar refractivity (Wildman–Crippen MR) is 118 cm³/mol. The van der Waals surface area contributed by atoms with Crippen molar-refractivity contribution in [2.45, 2.75) is 13.8 Å². The second kappa shape index (κ2) is 9.58. The summed E-state index contributed by atoms with van der Waals surface area (Å²) in [5, 5.41) is 11.7. The van der Waals surface area contributed by atoms with Crippen LogP contribution in [0.5, 0.6) is 0 Å². The van der Waals surface area contributed by atoms with Gasteiger partial charge in [0.1, 0.15) is 12.3 Å². The number of hydrogen-bond acceptors (Lipinski definition) is 4. The summed E-state index contributed by atoms with van der Waals surface area (Å²) in [6.07, 6.45) is 4.40. The van der Waals surface area contributed by atoms with Crippen LogP contribution in [-0.2, 0) is 9.59 Å². The number of anilines is 2. The number of carboxylic acid groups (broad SMARTS) is 1. The quantitative estimate of drug-likeness (QED) is 0.558. The Morgan fingerprint density at radius 2 is 1.77 bits per heavy atom. The number of benzene rings is 2. The lowest BCUT2D eigenvalue weighted by Crippen LogP contribution is -2.37. The molecule has 0 saturated heterocycles. The Balaban J connectivity index is 1.79. The number of rotatable bonds is 7. The molecular weight excluding hydrogens is 396 g/mol. The van der Waals surface area contributed by atoms with Crippen molar-refractivity contribution in [3.05, 3.63) is 89.4 Å². The lowest BCUT2D eigenvalue weighted by molar-refractivity contribution is -0.119. The van der Waals surface area contributed by atoms with E-state index in [9.17, 15) is 14.4 Å². The van der Waals surface area contributed by atoms with Crippen LogP contribution in [0.2, 0.25) is 0 Å². The molecule has 0 atom stereocenters. The molecule has 2 aromatic carbocycles. The minimum atomic E-state index is -1.05. The summed E-state index contributed by atoms with van der Waals surface area (Å²) in [5.41, 5.74) is 3.22. The van der Waals surface area contributed by atoms with Gasteiger partial charge >= 0.3 is 5.97 Å². The standard InChI is InChI=1S/C24H22N2O5/c1-16-5-10-20(14-17(16)2)26(23(28)12-11-21-4-3-13-31-21)15-22(27)25-19-8-6-18(7-9-19)24(29)30/h3-14H,15H2,1-2H3,(H,25,27)(H,29,30)/b12-11+. The molecule has 31 heavy (non-hydrogen) atoms. The van der Waals surface area contributed by atoms with Gasteiger partial charge in [0, 0.05) is 17.5 Å². The first-order valence-electron chi connectivity index (χ1n) is 9.57. The third-order valence-corrected chi connectivity index (χ3v) is 4.72. The van der Waals surface area contributed by atoms with E-state index in [0.717, 1.165) is 11.1 Å². The number of carboxylic acids is 1. The molecule has 1 heterocycles. The SMILES string of the molecule is Cc1ccc(N(CC(=O)Nc2ccc(C(=O)O)cc2)C(=O)/C=C/c2ccco2)cc1C.